The highest BCUT2D eigenvalue weighted by Crippen LogP contribution is 2.33. The van der Waals surface area contributed by atoms with Crippen LogP contribution in [0.3, 0.4) is 0 Å². The number of hydrogen-bond acceptors (Lipinski definition) is 6. The average Bonchev–Trinajstić information content (AvgIpc) is 2.69. The van der Waals surface area contributed by atoms with Gasteiger partial charge in [0.25, 0.3) is 5.69 Å². The Balaban J connectivity index is 2.32. The average molecular weight is 283 g/mol. The Bertz CT molecular complexity index is 626. The van der Waals surface area contributed by atoms with Gasteiger partial charge in [0.1, 0.15) is 0 Å². The SMILES string of the molecule is C[C@H](Sc1nc2ccc([N+](=O)[O-])cc2s1)C(N)=O. The van der Waals surface area contributed by atoms with Crippen LogP contribution in [0.25, 0.3) is 10.2 Å². The van der Waals surface area contributed by atoms with Gasteiger partial charge in [0.15, 0.2) is 4.34 Å². The highest BCUT2D eigenvalue weighted by atomic mass is 32.2. The Morgan fingerprint density at radius 1 is 1.61 bits per heavy atom. The minimum atomic E-state index is -0.446. The number of thiazole rings is 1. The molecule has 0 bridgehead atoms. The van der Waals surface area contributed by atoms with Crippen LogP contribution in [-0.2, 0) is 4.79 Å². The third-order valence-electron chi connectivity index (χ3n) is 2.24. The van der Waals surface area contributed by atoms with Gasteiger partial charge in [0, 0.05) is 12.1 Å². The number of thioether (sulfide) groups is 1. The molecule has 0 aliphatic carbocycles. The number of nitro groups is 1. The molecule has 6 nitrogen and oxygen atoms in total. The van der Waals surface area contributed by atoms with Crippen molar-refractivity contribution in [3.63, 3.8) is 0 Å². The molecule has 18 heavy (non-hydrogen) atoms. The topological polar surface area (TPSA) is 99.1 Å². The first-order chi connectivity index (χ1) is 8.47. The lowest BCUT2D eigenvalue weighted by atomic mass is 10.3. The van der Waals surface area contributed by atoms with E-state index in [2.05, 4.69) is 4.98 Å². The molecule has 8 heteroatoms. The molecule has 2 rings (SSSR count). The maximum Gasteiger partial charge on any atom is 0.270 e. The third-order valence-corrected chi connectivity index (χ3v) is 4.47. The molecule has 1 amide bonds. The summed E-state index contributed by atoms with van der Waals surface area (Å²) in [6.07, 6.45) is 0. The summed E-state index contributed by atoms with van der Waals surface area (Å²) in [6, 6.07) is 4.49. The number of hydrogen-bond donors (Lipinski definition) is 1. The van der Waals surface area contributed by atoms with Gasteiger partial charge in [-0.3, -0.25) is 14.9 Å². The maximum atomic E-state index is 11.0. The van der Waals surface area contributed by atoms with Gasteiger partial charge in [-0.2, -0.15) is 0 Å². The molecule has 1 heterocycles. The smallest absolute Gasteiger partial charge is 0.270 e. The molecule has 0 aliphatic rings. The summed E-state index contributed by atoms with van der Waals surface area (Å²) in [5.74, 6) is -0.412. The molecule has 94 valence electrons. The molecule has 1 atom stereocenters. The van der Waals surface area contributed by atoms with Crippen LogP contribution in [0, 0.1) is 10.1 Å². The van der Waals surface area contributed by atoms with Crippen molar-refractivity contribution >= 4 is 44.9 Å². The van der Waals surface area contributed by atoms with E-state index < -0.39 is 10.8 Å². The van der Waals surface area contributed by atoms with E-state index in [9.17, 15) is 14.9 Å². The zero-order valence-corrected chi connectivity index (χ0v) is 11.0. The summed E-state index contributed by atoms with van der Waals surface area (Å²) in [4.78, 5) is 25.4. The lowest BCUT2D eigenvalue weighted by Crippen LogP contribution is -2.22. The van der Waals surface area contributed by atoms with Gasteiger partial charge in [-0.1, -0.05) is 11.8 Å². The highest BCUT2D eigenvalue weighted by molar-refractivity contribution is 8.02. The number of primary amides is 1. The van der Waals surface area contributed by atoms with E-state index in [1.165, 1.54) is 35.2 Å². The van der Waals surface area contributed by atoms with Crippen LogP contribution in [0.2, 0.25) is 0 Å². The maximum absolute atomic E-state index is 11.0. The number of nitrogens with zero attached hydrogens (tertiary/aromatic N) is 2. The van der Waals surface area contributed by atoms with Crippen molar-refractivity contribution in [2.24, 2.45) is 5.73 Å². The number of benzene rings is 1. The quantitative estimate of drug-likeness (QED) is 0.526. The number of carbonyl (C=O) groups is 1. The summed E-state index contributed by atoms with van der Waals surface area (Å²) >= 11 is 2.57. The first-order valence-electron chi connectivity index (χ1n) is 4.98. The zero-order valence-electron chi connectivity index (χ0n) is 9.32. The van der Waals surface area contributed by atoms with E-state index in [1.807, 2.05) is 0 Å². The third kappa shape index (κ3) is 2.59. The minimum Gasteiger partial charge on any atom is -0.369 e. The van der Waals surface area contributed by atoms with Gasteiger partial charge < -0.3 is 5.73 Å². The number of non-ortho nitro benzene ring substituents is 1. The Hall–Kier alpha value is -1.67. The molecule has 0 saturated carbocycles. The molecule has 1 aromatic carbocycles. The van der Waals surface area contributed by atoms with Crippen molar-refractivity contribution in [1.29, 1.82) is 0 Å². The lowest BCUT2D eigenvalue weighted by molar-refractivity contribution is -0.384. The van der Waals surface area contributed by atoms with E-state index in [0.29, 0.717) is 9.86 Å². The summed E-state index contributed by atoms with van der Waals surface area (Å²) in [7, 11) is 0. The second-order valence-electron chi connectivity index (χ2n) is 3.55. The van der Waals surface area contributed by atoms with Crippen LogP contribution in [0.5, 0.6) is 0 Å². The van der Waals surface area contributed by atoms with Crippen molar-refractivity contribution in [2.45, 2.75) is 16.5 Å². The van der Waals surface area contributed by atoms with E-state index >= 15 is 0 Å². The number of carbonyl (C=O) groups excluding carboxylic acids is 1. The van der Waals surface area contributed by atoms with E-state index in [4.69, 9.17) is 5.73 Å². The van der Waals surface area contributed by atoms with Crippen molar-refractivity contribution in [3.8, 4) is 0 Å². The summed E-state index contributed by atoms with van der Waals surface area (Å²) in [6.45, 7) is 1.70. The molecule has 0 aliphatic heterocycles. The number of aromatic nitrogens is 1. The molecule has 0 radical (unpaired) electrons. The second-order valence-corrected chi connectivity index (χ2v) is 6.17. The molecule has 1 aromatic heterocycles. The Morgan fingerprint density at radius 2 is 2.33 bits per heavy atom. The van der Waals surface area contributed by atoms with E-state index in [1.54, 1.807) is 13.0 Å². The van der Waals surface area contributed by atoms with Crippen LogP contribution < -0.4 is 5.73 Å². The fraction of sp³-hybridized carbons (Fsp3) is 0.200. The Morgan fingerprint density at radius 3 is 2.94 bits per heavy atom. The van der Waals surface area contributed by atoms with Crippen molar-refractivity contribution in [1.82, 2.24) is 4.98 Å². The predicted molar refractivity (Wildman–Crippen MR) is 70.8 cm³/mol. The first kappa shape index (κ1) is 12.8. The number of amides is 1. The Labute approximate surface area is 110 Å². The predicted octanol–water partition coefficient (Wildman–Crippen LogP) is 2.17. The number of nitro benzene ring substituents is 1. The number of rotatable bonds is 4. The molecular formula is C10H9N3O3S2. The summed E-state index contributed by atoms with van der Waals surface area (Å²) < 4.78 is 1.40. The van der Waals surface area contributed by atoms with Crippen LogP contribution in [-0.4, -0.2) is 21.1 Å². The standard InChI is InChI=1S/C10H9N3O3S2/c1-5(9(11)14)17-10-12-7-3-2-6(13(15)16)4-8(7)18-10/h2-5H,1H3,(H2,11,14)/t5-/m0/s1. The van der Waals surface area contributed by atoms with Gasteiger partial charge in [0.05, 0.1) is 20.4 Å². The normalized spacial score (nSPS) is 12.5. The molecule has 0 fully saturated rings. The molecule has 2 N–H and O–H groups in total. The number of fused-ring (bicyclic) bond motifs is 1. The van der Waals surface area contributed by atoms with Crippen molar-refractivity contribution < 1.29 is 9.72 Å². The van der Waals surface area contributed by atoms with Gasteiger partial charge in [0.2, 0.25) is 5.91 Å². The minimum absolute atomic E-state index is 0.0330. The lowest BCUT2D eigenvalue weighted by Gasteiger charge is -2.01. The second kappa shape index (κ2) is 4.91. The van der Waals surface area contributed by atoms with Crippen LogP contribution in [0.1, 0.15) is 6.92 Å². The highest BCUT2D eigenvalue weighted by Gasteiger charge is 2.15. The van der Waals surface area contributed by atoms with E-state index in [-0.39, 0.29) is 10.9 Å². The van der Waals surface area contributed by atoms with E-state index in [0.717, 1.165) is 4.70 Å². The van der Waals surface area contributed by atoms with Crippen LogP contribution in [0.15, 0.2) is 22.5 Å². The number of nitrogens with two attached hydrogens (primary N) is 1. The van der Waals surface area contributed by atoms with Gasteiger partial charge >= 0.3 is 0 Å². The fourth-order valence-corrected chi connectivity index (χ4v) is 3.46. The monoisotopic (exact) mass is 283 g/mol. The van der Waals surface area contributed by atoms with Crippen LogP contribution >= 0.6 is 23.1 Å². The first-order valence-corrected chi connectivity index (χ1v) is 6.68. The molecule has 0 saturated heterocycles. The molecule has 2 aromatic rings. The van der Waals surface area contributed by atoms with Crippen molar-refractivity contribution in [2.75, 3.05) is 0 Å². The van der Waals surface area contributed by atoms with Crippen molar-refractivity contribution in [3.05, 3.63) is 28.3 Å². The van der Waals surface area contributed by atoms with Gasteiger partial charge in [-0.15, -0.1) is 11.3 Å². The molecule has 0 spiro atoms. The summed E-state index contributed by atoms with van der Waals surface area (Å²) in [5, 5.41) is 10.3. The Kier molecular flexibility index (Phi) is 3.48. The zero-order chi connectivity index (χ0) is 13.3. The van der Waals surface area contributed by atoms with Crippen LogP contribution in [0.4, 0.5) is 5.69 Å². The van der Waals surface area contributed by atoms with Gasteiger partial charge in [-0.05, 0) is 13.0 Å². The molecule has 0 unspecified atom stereocenters. The molecular weight excluding hydrogens is 274 g/mol. The largest absolute Gasteiger partial charge is 0.369 e. The van der Waals surface area contributed by atoms with Gasteiger partial charge in [-0.25, -0.2) is 4.98 Å². The fourth-order valence-electron chi connectivity index (χ4n) is 1.27. The summed E-state index contributed by atoms with van der Waals surface area (Å²) in [5.41, 5.74) is 5.89.